The van der Waals surface area contributed by atoms with E-state index in [9.17, 15) is 0 Å². The molecule has 1 rings (SSSR count). The number of rotatable bonds is 7. The monoisotopic (exact) mass is 219 g/mol. The molecule has 0 aromatic heterocycles. The van der Waals surface area contributed by atoms with E-state index in [0.29, 0.717) is 12.2 Å². The van der Waals surface area contributed by atoms with Crippen molar-refractivity contribution in [3.8, 4) is 5.75 Å². The maximum Gasteiger partial charge on any atom is 0.122 e. The number of hydrogen-bond donors (Lipinski definition) is 2. The Kier molecular flexibility index (Phi) is 5.05. The summed E-state index contributed by atoms with van der Waals surface area (Å²) in [5.74, 6) is 0.875. The second kappa shape index (κ2) is 6.61. The Morgan fingerprint density at radius 2 is 2.00 bits per heavy atom. The molecule has 0 radical (unpaired) electrons. The van der Waals surface area contributed by atoms with E-state index < -0.39 is 0 Å². The smallest absolute Gasteiger partial charge is 0.122 e. The van der Waals surface area contributed by atoms with E-state index in [-0.39, 0.29) is 5.84 Å². The van der Waals surface area contributed by atoms with Crippen LogP contribution in [0.5, 0.6) is 5.75 Å². The van der Waals surface area contributed by atoms with Crippen LogP contribution in [-0.2, 0) is 0 Å². The van der Waals surface area contributed by atoms with Crippen LogP contribution >= 0.6 is 0 Å². The minimum absolute atomic E-state index is 0.0728. The van der Waals surface area contributed by atoms with Gasteiger partial charge in [-0.05, 0) is 43.8 Å². The molecule has 0 aliphatic rings. The molecular weight excluding hydrogens is 202 g/mol. The van der Waals surface area contributed by atoms with E-state index in [0.717, 1.165) is 25.1 Å². The van der Waals surface area contributed by atoms with Crippen LogP contribution in [0.4, 0.5) is 0 Å². The van der Waals surface area contributed by atoms with Crippen LogP contribution in [0.25, 0.3) is 0 Å². The standard InChI is InChI=1S/C12H17N3O/c1-15-8-2-3-9-16-11-6-4-10(5-7-11)12(13)14/h4-7H,1-3,8-9H2,(H3,13,14). The molecule has 0 aliphatic heterocycles. The first-order valence-electron chi connectivity index (χ1n) is 5.24. The highest BCUT2D eigenvalue weighted by Crippen LogP contribution is 2.12. The molecule has 0 unspecified atom stereocenters. The fraction of sp³-hybridized carbons (Fsp3) is 0.333. The van der Waals surface area contributed by atoms with Crippen LogP contribution in [0.3, 0.4) is 0 Å². The first kappa shape index (κ1) is 12.2. The first-order valence-corrected chi connectivity index (χ1v) is 5.24. The number of aliphatic imine (C=N–C) groups is 1. The van der Waals surface area contributed by atoms with Gasteiger partial charge < -0.3 is 15.5 Å². The summed E-state index contributed by atoms with van der Waals surface area (Å²) in [4.78, 5) is 3.77. The van der Waals surface area contributed by atoms with E-state index in [2.05, 4.69) is 11.7 Å². The summed E-state index contributed by atoms with van der Waals surface area (Å²) in [6, 6.07) is 7.21. The zero-order valence-corrected chi connectivity index (χ0v) is 9.28. The number of hydrogen-bond acceptors (Lipinski definition) is 3. The second-order valence-electron chi connectivity index (χ2n) is 3.44. The number of unbranched alkanes of at least 4 members (excludes halogenated alkanes) is 1. The van der Waals surface area contributed by atoms with Gasteiger partial charge in [0.15, 0.2) is 0 Å². The zero-order valence-electron chi connectivity index (χ0n) is 9.28. The number of nitrogens with two attached hydrogens (primary N) is 1. The molecule has 1 aromatic carbocycles. The summed E-state index contributed by atoms with van der Waals surface area (Å²) >= 11 is 0. The Morgan fingerprint density at radius 3 is 2.56 bits per heavy atom. The average Bonchev–Trinajstić information content (AvgIpc) is 2.29. The largest absolute Gasteiger partial charge is 0.494 e. The van der Waals surface area contributed by atoms with Crippen LogP contribution in [0.15, 0.2) is 29.3 Å². The summed E-state index contributed by atoms with van der Waals surface area (Å²) in [6.45, 7) is 4.88. The van der Waals surface area contributed by atoms with Crippen LogP contribution in [0.2, 0.25) is 0 Å². The normalized spacial score (nSPS) is 9.75. The Bertz CT molecular complexity index is 346. The van der Waals surface area contributed by atoms with Gasteiger partial charge in [0.25, 0.3) is 0 Å². The lowest BCUT2D eigenvalue weighted by Gasteiger charge is -2.06. The molecule has 0 amide bonds. The molecule has 0 saturated heterocycles. The second-order valence-corrected chi connectivity index (χ2v) is 3.44. The minimum atomic E-state index is 0.0728. The lowest BCUT2D eigenvalue weighted by Crippen LogP contribution is -2.10. The summed E-state index contributed by atoms with van der Waals surface area (Å²) in [7, 11) is 0. The first-order chi connectivity index (χ1) is 7.74. The number of nitrogens with zero attached hydrogens (tertiary/aromatic N) is 1. The van der Waals surface area contributed by atoms with Crippen molar-refractivity contribution in [3.05, 3.63) is 29.8 Å². The Balaban J connectivity index is 2.32. The van der Waals surface area contributed by atoms with Crippen LogP contribution in [0, 0.1) is 5.41 Å². The predicted octanol–water partition coefficient (Wildman–Crippen LogP) is 1.83. The quantitative estimate of drug-likeness (QED) is 0.417. The molecule has 3 N–H and O–H groups in total. The molecule has 16 heavy (non-hydrogen) atoms. The molecule has 0 saturated carbocycles. The van der Waals surface area contributed by atoms with Gasteiger partial charge in [0.1, 0.15) is 11.6 Å². The molecule has 4 heteroatoms. The number of ether oxygens (including phenoxy) is 1. The topological polar surface area (TPSA) is 71.5 Å². The maximum atomic E-state index is 7.24. The third kappa shape index (κ3) is 4.13. The average molecular weight is 219 g/mol. The van der Waals surface area contributed by atoms with Crippen molar-refractivity contribution < 1.29 is 4.74 Å². The molecule has 0 aliphatic carbocycles. The van der Waals surface area contributed by atoms with Gasteiger partial charge in [-0.2, -0.15) is 0 Å². The predicted molar refractivity (Wildman–Crippen MR) is 66.6 cm³/mol. The van der Waals surface area contributed by atoms with Crippen molar-refractivity contribution in [2.45, 2.75) is 12.8 Å². The van der Waals surface area contributed by atoms with Gasteiger partial charge in [-0.25, -0.2) is 0 Å². The lowest BCUT2D eigenvalue weighted by molar-refractivity contribution is 0.308. The molecule has 1 aromatic rings. The molecule has 0 fully saturated rings. The molecule has 0 heterocycles. The molecule has 0 bridgehead atoms. The molecule has 4 nitrogen and oxygen atoms in total. The lowest BCUT2D eigenvalue weighted by atomic mass is 10.2. The van der Waals surface area contributed by atoms with Gasteiger partial charge in [-0.3, -0.25) is 5.41 Å². The highest BCUT2D eigenvalue weighted by molar-refractivity contribution is 5.94. The summed E-state index contributed by atoms with van der Waals surface area (Å²) in [6.07, 6.45) is 1.96. The zero-order chi connectivity index (χ0) is 11.8. The summed E-state index contributed by atoms with van der Waals surface area (Å²) in [5.41, 5.74) is 6.06. The van der Waals surface area contributed by atoms with Gasteiger partial charge in [0.05, 0.1) is 6.61 Å². The highest BCUT2D eigenvalue weighted by Gasteiger charge is 1.97. The highest BCUT2D eigenvalue weighted by atomic mass is 16.5. The van der Waals surface area contributed by atoms with Gasteiger partial charge in [0.2, 0.25) is 0 Å². The molecule has 0 atom stereocenters. The van der Waals surface area contributed by atoms with Crippen molar-refractivity contribution in [1.82, 2.24) is 0 Å². The summed E-state index contributed by atoms with van der Waals surface area (Å²) in [5, 5.41) is 7.24. The van der Waals surface area contributed by atoms with Crippen molar-refractivity contribution in [2.24, 2.45) is 10.7 Å². The van der Waals surface area contributed by atoms with Gasteiger partial charge in [0, 0.05) is 12.1 Å². The van der Waals surface area contributed by atoms with Crippen LogP contribution in [0.1, 0.15) is 18.4 Å². The summed E-state index contributed by atoms with van der Waals surface area (Å²) < 4.78 is 5.51. The number of nitrogen functional groups attached to an aromatic ring is 1. The fourth-order valence-electron chi connectivity index (χ4n) is 1.25. The van der Waals surface area contributed by atoms with Gasteiger partial charge >= 0.3 is 0 Å². The van der Waals surface area contributed by atoms with Crippen molar-refractivity contribution in [1.29, 1.82) is 5.41 Å². The maximum absolute atomic E-state index is 7.24. The van der Waals surface area contributed by atoms with E-state index in [1.165, 1.54) is 0 Å². The third-order valence-corrected chi connectivity index (χ3v) is 2.14. The number of nitrogens with one attached hydrogen (secondary N) is 1. The van der Waals surface area contributed by atoms with E-state index >= 15 is 0 Å². The van der Waals surface area contributed by atoms with E-state index in [4.69, 9.17) is 15.9 Å². The number of amidine groups is 1. The Morgan fingerprint density at radius 1 is 1.31 bits per heavy atom. The van der Waals surface area contributed by atoms with Crippen molar-refractivity contribution >= 4 is 12.6 Å². The van der Waals surface area contributed by atoms with Crippen molar-refractivity contribution in [2.75, 3.05) is 13.2 Å². The van der Waals surface area contributed by atoms with Gasteiger partial charge in [-0.15, -0.1) is 0 Å². The van der Waals surface area contributed by atoms with E-state index in [1.54, 1.807) is 12.1 Å². The third-order valence-electron chi connectivity index (χ3n) is 2.14. The SMILES string of the molecule is C=NCCCCOc1ccc(C(=N)N)cc1. The van der Waals surface area contributed by atoms with Crippen LogP contribution < -0.4 is 10.5 Å². The van der Waals surface area contributed by atoms with Crippen LogP contribution in [-0.4, -0.2) is 25.7 Å². The van der Waals surface area contributed by atoms with Crippen molar-refractivity contribution in [3.63, 3.8) is 0 Å². The van der Waals surface area contributed by atoms with E-state index in [1.807, 2.05) is 12.1 Å². The molecule has 86 valence electrons. The minimum Gasteiger partial charge on any atom is -0.494 e. The Labute approximate surface area is 95.7 Å². The number of benzene rings is 1. The Hall–Kier alpha value is -1.84. The van der Waals surface area contributed by atoms with Gasteiger partial charge in [-0.1, -0.05) is 0 Å². The molecule has 0 spiro atoms. The molecular formula is C12H17N3O. The fourth-order valence-corrected chi connectivity index (χ4v) is 1.25.